The molecule has 1 aliphatic rings. The standard InChI is InChI=1S/C8H7Br2N/c9-7-3-6(5-1-2-5)4-11-8(7)10/h3-5H,1-2H2. The van der Waals surface area contributed by atoms with Gasteiger partial charge in [0, 0.05) is 6.20 Å². The van der Waals surface area contributed by atoms with Crippen molar-refractivity contribution in [3.05, 3.63) is 26.9 Å². The van der Waals surface area contributed by atoms with Crippen LogP contribution in [0.15, 0.2) is 21.3 Å². The summed E-state index contributed by atoms with van der Waals surface area (Å²) in [4.78, 5) is 4.21. The summed E-state index contributed by atoms with van der Waals surface area (Å²) in [6.45, 7) is 0. The minimum Gasteiger partial charge on any atom is -0.248 e. The van der Waals surface area contributed by atoms with E-state index in [2.05, 4.69) is 42.9 Å². The van der Waals surface area contributed by atoms with Crippen LogP contribution >= 0.6 is 31.9 Å². The number of nitrogens with zero attached hydrogens (tertiary/aromatic N) is 1. The quantitative estimate of drug-likeness (QED) is 0.716. The number of hydrogen-bond donors (Lipinski definition) is 0. The lowest BCUT2D eigenvalue weighted by Gasteiger charge is -1.98. The first-order valence-corrected chi connectivity index (χ1v) is 5.17. The van der Waals surface area contributed by atoms with Crippen LogP contribution in [0.5, 0.6) is 0 Å². The maximum atomic E-state index is 4.21. The van der Waals surface area contributed by atoms with E-state index in [9.17, 15) is 0 Å². The second kappa shape index (κ2) is 2.87. The molecule has 1 aliphatic carbocycles. The van der Waals surface area contributed by atoms with Gasteiger partial charge in [-0.25, -0.2) is 4.98 Å². The van der Waals surface area contributed by atoms with Crippen LogP contribution in [0.25, 0.3) is 0 Å². The molecule has 11 heavy (non-hydrogen) atoms. The smallest absolute Gasteiger partial charge is 0.120 e. The van der Waals surface area contributed by atoms with Crippen molar-refractivity contribution in [1.29, 1.82) is 0 Å². The van der Waals surface area contributed by atoms with Crippen LogP contribution in [0.1, 0.15) is 24.3 Å². The molecule has 2 rings (SSSR count). The third kappa shape index (κ3) is 1.64. The molecule has 0 bridgehead atoms. The van der Waals surface area contributed by atoms with E-state index in [-0.39, 0.29) is 0 Å². The normalized spacial score (nSPS) is 16.9. The molecule has 1 aromatic heterocycles. The summed E-state index contributed by atoms with van der Waals surface area (Å²) >= 11 is 6.77. The maximum Gasteiger partial charge on any atom is 0.120 e. The zero-order chi connectivity index (χ0) is 7.84. The summed E-state index contributed by atoms with van der Waals surface area (Å²) in [7, 11) is 0. The van der Waals surface area contributed by atoms with E-state index in [1.165, 1.54) is 18.4 Å². The van der Waals surface area contributed by atoms with Gasteiger partial charge in [-0.1, -0.05) is 0 Å². The molecule has 1 fully saturated rings. The molecule has 0 saturated heterocycles. The molecule has 1 heterocycles. The van der Waals surface area contributed by atoms with Gasteiger partial charge in [0.2, 0.25) is 0 Å². The van der Waals surface area contributed by atoms with Crippen molar-refractivity contribution in [2.75, 3.05) is 0 Å². The van der Waals surface area contributed by atoms with Gasteiger partial charge in [-0.05, 0) is 62.2 Å². The minimum atomic E-state index is 0.784. The predicted octanol–water partition coefficient (Wildman–Crippen LogP) is 3.48. The Balaban J connectivity index is 2.36. The predicted molar refractivity (Wildman–Crippen MR) is 51.6 cm³/mol. The lowest BCUT2D eigenvalue weighted by molar-refractivity contribution is 1.08. The first-order chi connectivity index (χ1) is 5.27. The Morgan fingerprint density at radius 3 is 2.64 bits per heavy atom. The van der Waals surface area contributed by atoms with Crippen LogP contribution in [0, 0.1) is 0 Å². The second-order valence-electron chi connectivity index (χ2n) is 2.82. The SMILES string of the molecule is Brc1cc(C2CC2)cnc1Br. The number of aromatic nitrogens is 1. The maximum absolute atomic E-state index is 4.21. The van der Waals surface area contributed by atoms with Crippen molar-refractivity contribution >= 4 is 31.9 Å². The van der Waals surface area contributed by atoms with Crippen molar-refractivity contribution < 1.29 is 0 Å². The molecule has 0 aliphatic heterocycles. The Morgan fingerprint density at radius 2 is 2.09 bits per heavy atom. The fourth-order valence-corrected chi connectivity index (χ4v) is 1.66. The first-order valence-electron chi connectivity index (χ1n) is 3.58. The van der Waals surface area contributed by atoms with Crippen molar-refractivity contribution in [3.63, 3.8) is 0 Å². The van der Waals surface area contributed by atoms with Gasteiger partial charge < -0.3 is 0 Å². The lowest BCUT2D eigenvalue weighted by atomic mass is 10.2. The van der Waals surface area contributed by atoms with Gasteiger partial charge in [0.1, 0.15) is 4.60 Å². The Morgan fingerprint density at radius 1 is 1.36 bits per heavy atom. The largest absolute Gasteiger partial charge is 0.248 e. The molecular weight excluding hydrogens is 270 g/mol. The molecular formula is C8H7Br2N. The van der Waals surface area contributed by atoms with Crippen molar-refractivity contribution in [3.8, 4) is 0 Å². The molecule has 0 N–H and O–H groups in total. The van der Waals surface area contributed by atoms with Gasteiger partial charge in [-0.15, -0.1) is 0 Å². The molecule has 0 spiro atoms. The lowest BCUT2D eigenvalue weighted by Crippen LogP contribution is -1.83. The molecule has 0 unspecified atom stereocenters. The Labute approximate surface area is 82.5 Å². The highest BCUT2D eigenvalue weighted by atomic mass is 79.9. The van der Waals surface area contributed by atoms with Gasteiger partial charge in [0.15, 0.2) is 0 Å². The second-order valence-corrected chi connectivity index (χ2v) is 4.42. The van der Waals surface area contributed by atoms with Crippen LogP contribution in [-0.4, -0.2) is 4.98 Å². The van der Waals surface area contributed by atoms with E-state index >= 15 is 0 Å². The van der Waals surface area contributed by atoms with Gasteiger partial charge >= 0.3 is 0 Å². The number of rotatable bonds is 1. The molecule has 0 atom stereocenters. The van der Waals surface area contributed by atoms with Crippen molar-refractivity contribution in [1.82, 2.24) is 4.98 Å². The van der Waals surface area contributed by atoms with E-state index in [0.29, 0.717) is 0 Å². The van der Waals surface area contributed by atoms with E-state index < -0.39 is 0 Å². The summed E-state index contributed by atoms with van der Waals surface area (Å²) in [5.74, 6) is 0.784. The average molecular weight is 277 g/mol. The van der Waals surface area contributed by atoms with Crippen LogP contribution < -0.4 is 0 Å². The van der Waals surface area contributed by atoms with Gasteiger partial charge in [-0.2, -0.15) is 0 Å². The fraction of sp³-hybridized carbons (Fsp3) is 0.375. The van der Waals surface area contributed by atoms with E-state index in [4.69, 9.17) is 0 Å². The highest BCUT2D eigenvalue weighted by molar-refractivity contribution is 9.13. The monoisotopic (exact) mass is 275 g/mol. The molecule has 1 aromatic rings. The van der Waals surface area contributed by atoms with E-state index in [1.54, 1.807) is 0 Å². The molecule has 58 valence electrons. The molecule has 0 amide bonds. The molecule has 3 heteroatoms. The Kier molecular flexibility index (Phi) is 2.02. The summed E-state index contributed by atoms with van der Waals surface area (Å²) in [6.07, 6.45) is 4.61. The third-order valence-corrected chi connectivity index (χ3v) is 3.63. The van der Waals surface area contributed by atoms with Crippen LogP contribution in [0.3, 0.4) is 0 Å². The number of hydrogen-bond acceptors (Lipinski definition) is 1. The van der Waals surface area contributed by atoms with E-state index in [1.807, 2.05) is 6.20 Å². The minimum absolute atomic E-state index is 0.784. The summed E-state index contributed by atoms with van der Waals surface area (Å²) in [5.41, 5.74) is 1.36. The topological polar surface area (TPSA) is 12.9 Å². The summed E-state index contributed by atoms with van der Waals surface area (Å²) < 4.78 is 1.95. The zero-order valence-electron chi connectivity index (χ0n) is 5.85. The molecule has 1 nitrogen and oxygen atoms in total. The Hall–Kier alpha value is 0.110. The Bertz CT molecular complexity index is 281. The molecule has 0 aromatic carbocycles. The number of halogens is 2. The van der Waals surface area contributed by atoms with Crippen LogP contribution in [0.4, 0.5) is 0 Å². The van der Waals surface area contributed by atoms with Gasteiger partial charge in [0.05, 0.1) is 4.47 Å². The zero-order valence-corrected chi connectivity index (χ0v) is 9.02. The molecule has 0 radical (unpaired) electrons. The third-order valence-electron chi connectivity index (χ3n) is 1.87. The first kappa shape index (κ1) is 7.74. The van der Waals surface area contributed by atoms with E-state index in [0.717, 1.165) is 15.0 Å². The fourth-order valence-electron chi connectivity index (χ4n) is 1.08. The average Bonchev–Trinajstić information content (AvgIpc) is 2.77. The summed E-state index contributed by atoms with van der Waals surface area (Å²) in [5, 5.41) is 0. The van der Waals surface area contributed by atoms with Gasteiger partial charge in [0.25, 0.3) is 0 Å². The highest BCUT2D eigenvalue weighted by Crippen LogP contribution is 2.41. The van der Waals surface area contributed by atoms with Crippen molar-refractivity contribution in [2.24, 2.45) is 0 Å². The number of pyridine rings is 1. The van der Waals surface area contributed by atoms with Gasteiger partial charge in [-0.3, -0.25) is 0 Å². The van der Waals surface area contributed by atoms with Crippen molar-refractivity contribution in [2.45, 2.75) is 18.8 Å². The summed E-state index contributed by atoms with van der Waals surface area (Å²) in [6, 6.07) is 2.15. The molecule has 1 saturated carbocycles. The highest BCUT2D eigenvalue weighted by Gasteiger charge is 2.24. The van der Waals surface area contributed by atoms with Crippen LogP contribution in [0.2, 0.25) is 0 Å². The van der Waals surface area contributed by atoms with Crippen LogP contribution in [-0.2, 0) is 0 Å².